The number of unbranched alkanes of at least 4 members (excludes halogenated alkanes) is 2. The van der Waals surface area contributed by atoms with E-state index >= 15 is 0 Å². The quantitative estimate of drug-likeness (QED) is 0.0209. The number of aliphatic hydroxyl groups excluding tert-OH is 2. The zero-order valence-corrected chi connectivity index (χ0v) is 43.3. The summed E-state index contributed by atoms with van der Waals surface area (Å²) in [5.74, 6) is -2.80. The smallest absolute Gasteiger partial charge is 0.342 e. The van der Waals surface area contributed by atoms with E-state index < -0.39 is 23.8 Å². The summed E-state index contributed by atoms with van der Waals surface area (Å²) in [5, 5.41) is 42.9. The molecule has 0 bridgehead atoms. The van der Waals surface area contributed by atoms with Crippen molar-refractivity contribution in [3.63, 3.8) is 0 Å². The average Bonchev–Trinajstić information content (AvgIpc) is 4.17. The number of para-hydroxylation sites is 1. The van der Waals surface area contributed by atoms with Crippen molar-refractivity contribution in [2.45, 2.75) is 89.9 Å². The van der Waals surface area contributed by atoms with Gasteiger partial charge in [0.2, 0.25) is 23.6 Å². The molecule has 404 valence electrons. The summed E-state index contributed by atoms with van der Waals surface area (Å²) in [6, 6.07) is 19.9. The van der Waals surface area contributed by atoms with E-state index in [-0.39, 0.29) is 119 Å². The van der Waals surface area contributed by atoms with Crippen molar-refractivity contribution in [2.75, 3.05) is 58.6 Å². The van der Waals surface area contributed by atoms with Gasteiger partial charge in [-0.2, -0.15) is 10.5 Å². The number of fused-ring (bicyclic) bond motifs is 3. The molecule has 2 atom stereocenters. The normalized spacial score (nSPS) is 14.9. The van der Waals surface area contributed by atoms with E-state index in [2.05, 4.69) is 22.8 Å². The Hall–Kier alpha value is -8.26. The highest BCUT2D eigenvalue weighted by Gasteiger charge is 2.50. The topological polar surface area (TPSA) is 281 Å². The van der Waals surface area contributed by atoms with Crippen LogP contribution >= 0.6 is 0 Å². The maximum absolute atomic E-state index is 14.2. The predicted molar refractivity (Wildman–Crippen MR) is 281 cm³/mol. The number of rotatable bonds is 29. The molecule has 1 saturated heterocycles. The fourth-order valence-corrected chi connectivity index (χ4v) is 9.78. The van der Waals surface area contributed by atoms with Gasteiger partial charge in [0, 0.05) is 62.4 Å². The molecule has 77 heavy (non-hydrogen) atoms. The maximum Gasteiger partial charge on any atom is 0.342 e. The zero-order chi connectivity index (χ0) is 54.8. The van der Waals surface area contributed by atoms with Crippen LogP contribution in [-0.4, -0.2) is 99.5 Å². The van der Waals surface area contributed by atoms with Gasteiger partial charge >= 0.3 is 11.9 Å². The number of methoxy groups -OCH3 is 2. The van der Waals surface area contributed by atoms with Crippen molar-refractivity contribution in [1.29, 1.82) is 10.5 Å². The first-order chi connectivity index (χ1) is 37.4. The lowest BCUT2D eigenvalue weighted by atomic mass is 9.79. The van der Waals surface area contributed by atoms with Crippen molar-refractivity contribution in [1.82, 2.24) is 10.6 Å². The molecule has 3 aromatic carbocycles. The molecule has 7 rings (SSSR count). The zero-order valence-electron chi connectivity index (χ0n) is 43.3. The molecule has 0 spiro atoms. The van der Waals surface area contributed by atoms with Gasteiger partial charge in [0.05, 0.1) is 70.3 Å². The number of hydrogen-bond donors (Lipinski definition) is 4. The first-order valence-corrected chi connectivity index (χ1v) is 25.9. The SMILES string of the molecule is COc1cc(CCC(=O)NCCO)cc2c(C(=O)OCCCC3=CC4C(=O)N(c5ccccc5)C(=O)C4C(CCCOC(=O)c4c(CCCC#N)oc5c(OC)cc(CCC(=O)NCCO)cc45)=C3)c(CCCC#N)oc12. The number of amides is 4. The lowest BCUT2D eigenvalue weighted by Gasteiger charge is -2.23. The Morgan fingerprint density at radius 2 is 1.17 bits per heavy atom. The molecular formula is C58H63N5O14. The van der Waals surface area contributed by atoms with Crippen LogP contribution in [0.2, 0.25) is 0 Å². The summed E-state index contributed by atoms with van der Waals surface area (Å²) in [6.07, 6.45) is 7.70. The van der Waals surface area contributed by atoms with Crippen LogP contribution in [0.15, 0.2) is 86.7 Å². The minimum Gasteiger partial charge on any atom is -0.493 e. The molecule has 2 aliphatic rings. The van der Waals surface area contributed by atoms with Gasteiger partial charge in [0.25, 0.3) is 0 Å². The Kier molecular flexibility index (Phi) is 20.2. The molecule has 19 heteroatoms. The number of allylic oxidation sites excluding steroid dienone is 2. The van der Waals surface area contributed by atoms with Gasteiger partial charge in [-0.15, -0.1) is 0 Å². The van der Waals surface area contributed by atoms with Gasteiger partial charge in [-0.05, 0) is 98.9 Å². The van der Waals surface area contributed by atoms with E-state index in [1.807, 2.05) is 6.08 Å². The molecule has 4 amide bonds. The second-order valence-electron chi connectivity index (χ2n) is 18.6. The molecule has 0 saturated carbocycles. The number of carbonyl (C=O) groups excluding carboxylic acids is 6. The Morgan fingerprint density at radius 3 is 1.65 bits per heavy atom. The number of aliphatic hydroxyl groups is 2. The van der Waals surface area contributed by atoms with Crippen LogP contribution in [-0.2, 0) is 54.3 Å². The van der Waals surface area contributed by atoms with Gasteiger partial charge in [0.1, 0.15) is 22.6 Å². The number of aryl methyl sites for hydroxylation is 4. The highest BCUT2D eigenvalue weighted by Crippen LogP contribution is 2.43. The fraction of sp³-hybridized carbons (Fsp3) is 0.414. The van der Waals surface area contributed by atoms with E-state index in [1.54, 1.807) is 60.7 Å². The van der Waals surface area contributed by atoms with Crippen molar-refractivity contribution >= 4 is 63.2 Å². The highest BCUT2D eigenvalue weighted by molar-refractivity contribution is 6.23. The lowest BCUT2D eigenvalue weighted by molar-refractivity contribution is -0.123. The van der Waals surface area contributed by atoms with Crippen LogP contribution < -0.4 is 25.0 Å². The fourth-order valence-electron chi connectivity index (χ4n) is 9.78. The third-order valence-corrected chi connectivity index (χ3v) is 13.4. The number of hydrogen-bond acceptors (Lipinski definition) is 16. The molecule has 3 heterocycles. The number of furan rings is 2. The number of nitriles is 2. The van der Waals surface area contributed by atoms with Gasteiger partial charge < -0.3 is 48.6 Å². The molecule has 19 nitrogen and oxygen atoms in total. The summed E-state index contributed by atoms with van der Waals surface area (Å²) < 4.78 is 35.5. The Labute approximate surface area is 445 Å². The van der Waals surface area contributed by atoms with Crippen LogP contribution in [0.4, 0.5) is 5.69 Å². The van der Waals surface area contributed by atoms with Crippen molar-refractivity contribution in [2.24, 2.45) is 11.8 Å². The molecule has 2 unspecified atom stereocenters. The minimum absolute atomic E-state index is 0.0207. The van der Waals surface area contributed by atoms with E-state index in [1.165, 1.54) is 19.1 Å². The lowest BCUT2D eigenvalue weighted by Crippen LogP contribution is -2.30. The monoisotopic (exact) mass is 1050 g/mol. The molecular weight excluding hydrogens is 991 g/mol. The summed E-state index contributed by atoms with van der Waals surface area (Å²) >= 11 is 0. The van der Waals surface area contributed by atoms with Gasteiger partial charge in [-0.3, -0.25) is 19.2 Å². The largest absolute Gasteiger partial charge is 0.493 e. The predicted octanol–water partition coefficient (Wildman–Crippen LogP) is 7.22. The first kappa shape index (κ1) is 56.5. The van der Waals surface area contributed by atoms with Crippen molar-refractivity contribution in [3.05, 3.63) is 112 Å². The van der Waals surface area contributed by atoms with Crippen LogP contribution in [0.1, 0.15) is 108 Å². The third-order valence-electron chi connectivity index (χ3n) is 13.4. The number of carbonyl (C=O) groups is 6. The Balaban J connectivity index is 1.07. The highest BCUT2D eigenvalue weighted by atomic mass is 16.5. The van der Waals surface area contributed by atoms with E-state index in [4.69, 9.17) is 38.0 Å². The summed E-state index contributed by atoms with van der Waals surface area (Å²) in [6.45, 7) is -0.207. The van der Waals surface area contributed by atoms with Crippen LogP contribution in [0.5, 0.6) is 11.5 Å². The van der Waals surface area contributed by atoms with Crippen LogP contribution in [0, 0.1) is 34.5 Å². The van der Waals surface area contributed by atoms with Gasteiger partial charge in [-0.1, -0.05) is 41.5 Å². The molecule has 4 N–H and O–H groups in total. The number of esters is 2. The van der Waals surface area contributed by atoms with E-state index in [0.717, 1.165) is 5.57 Å². The first-order valence-electron chi connectivity index (χ1n) is 25.9. The Bertz CT molecular complexity index is 3120. The number of anilines is 1. The summed E-state index contributed by atoms with van der Waals surface area (Å²) in [7, 11) is 2.94. The average molecular weight is 1050 g/mol. The second-order valence-corrected chi connectivity index (χ2v) is 18.6. The van der Waals surface area contributed by atoms with Crippen LogP contribution in [0.3, 0.4) is 0 Å². The minimum atomic E-state index is -0.806. The summed E-state index contributed by atoms with van der Waals surface area (Å²) in [4.78, 5) is 82.5. The van der Waals surface area contributed by atoms with E-state index in [9.17, 15) is 39.3 Å². The second kappa shape index (κ2) is 27.5. The number of benzene rings is 3. The van der Waals surface area contributed by atoms with Crippen molar-refractivity contribution in [3.8, 4) is 23.6 Å². The van der Waals surface area contributed by atoms with Gasteiger partial charge in [-0.25, -0.2) is 14.5 Å². The van der Waals surface area contributed by atoms with Crippen molar-refractivity contribution < 1.29 is 66.8 Å². The number of nitrogens with zero attached hydrogens (tertiary/aromatic N) is 3. The molecule has 1 aliphatic carbocycles. The maximum atomic E-state index is 14.2. The third kappa shape index (κ3) is 13.8. The molecule has 1 aliphatic heterocycles. The van der Waals surface area contributed by atoms with Crippen LogP contribution in [0.25, 0.3) is 21.9 Å². The molecule has 5 aromatic rings. The summed E-state index contributed by atoms with van der Waals surface area (Å²) in [5.41, 5.74) is 4.31. The number of nitrogens with one attached hydrogen (secondary N) is 2. The molecule has 0 radical (unpaired) electrons. The number of imide groups is 1. The van der Waals surface area contributed by atoms with Gasteiger partial charge in [0.15, 0.2) is 22.7 Å². The van der Waals surface area contributed by atoms with E-state index in [0.29, 0.717) is 112 Å². The molecule has 1 fully saturated rings. The Morgan fingerprint density at radius 1 is 0.662 bits per heavy atom. The molecule has 2 aromatic heterocycles. The number of ether oxygens (including phenoxy) is 4. The standard InChI is InChI=1S/C58H63N5O14/c1-72-46-34-37(18-20-48(66)61-24-26-64)31-41-51(44(76-53(41)46)16-6-8-22-59)57(70)74-28-10-12-36-30-39(50-43(33-36)55(68)63(56(50)69)40-14-4-3-5-15-40)13-11-29-75-58(71)52-42-32-38(19-21-49(67)62-25-27-65)35-47(73-2)54(42)77-45(52)17-7-9-23-60/h3-5,14-15,30-35,43,50,64-65H,6-13,16-21,24-29H2,1-2H3,(H,61,66)(H,62,67).